The zero-order valence-corrected chi connectivity index (χ0v) is 10.2. The third kappa shape index (κ3) is 2.95. The summed E-state index contributed by atoms with van der Waals surface area (Å²) in [5.74, 6) is 0.437. The smallest absolute Gasteiger partial charge is 0.311 e. The zero-order chi connectivity index (χ0) is 14.0. The maximum absolute atomic E-state index is 12.6. The molecule has 0 fully saturated rings. The number of anilines is 2. The van der Waals surface area contributed by atoms with E-state index in [9.17, 15) is 13.2 Å². The number of nitrogens with zero attached hydrogens (tertiary/aromatic N) is 5. The van der Waals surface area contributed by atoms with Gasteiger partial charge in [0.25, 0.3) is 0 Å². The highest BCUT2D eigenvalue weighted by Crippen LogP contribution is 2.30. The van der Waals surface area contributed by atoms with Gasteiger partial charge in [-0.2, -0.15) is 18.3 Å². The van der Waals surface area contributed by atoms with Crippen LogP contribution in [0.4, 0.5) is 24.8 Å². The van der Waals surface area contributed by atoms with E-state index in [-0.39, 0.29) is 5.82 Å². The van der Waals surface area contributed by atoms with Crippen LogP contribution in [-0.2, 0) is 6.18 Å². The Morgan fingerprint density at radius 2 is 1.79 bits per heavy atom. The Balaban J connectivity index is 2.34. The summed E-state index contributed by atoms with van der Waals surface area (Å²) < 4.78 is 37.7. The number of hydrogen-bond acceptors (Lipinski definition) is 5. The van der Waals surface area contributed by atoms with Gasteiger partial charge in [0.2, 0.25) is 0 Å². The maximum atomic E-state index is 12.6. The summed E-state index contributed by atoms with van der Waals surface area (Å²) in [6.45, 7) is 1.76. The average molecular weight is 269 g/mol. The lowest BCUT2D eigenvalue weighted by atomic mass is 10.3. The van der Waals surface area contributed by atoms with E-state index in [1.54, 1.807) is 14.0 Å². The Bertz CT molecular complexity index is 567. The Morgan fingerprint density at radius 3 is 2.37 bits per heavy atom. The second kappa shape index (κ2) is 4.79. The van der Waals surface area contributed by atoms with Crippen LogP contribution >= 0.6 is 0 Å². The highest BCUT2D eigenvalue weighted by molar-refractivity contribution is 5.54. The fourth-order valence-corrected chi connectivity index (χ4v) is 1.35. The van der Waals surface area contributed by atoms with Crippen LogP contribution in [0.3, 0.4) is 0 Å². The quantitative estimate of drug-likeness (QED) is 0.837. The molecule has 0 saturated carbocycles. The topological polar surface area (TPSA) is 54.8 Å². The summed E-state index contributed by atoms with van der Waals surface area (Å²) in [4.78, 5) is 9.47. The van der Waals surface area contributed by atoms with Gasteiger partial charge in [-0.05, 0) is 13.0 Å². The van der Waals surface area contributed by atoms with E-state index in [2.05, 4.69) is 20.2 Å². The van der Waals surface area contributed by atoms with Gasteiger partial charge in [-0.3, -0.25) is 4.98 Å². The van der Waals surface area contributed by atoms with Crippen molar-refractivity contribution in [3.63, 3.8) is 0 Å². The third-order valence-electron chi connectivity index (χ3n) is 2.42. The van der Waals surface area contributed by atoms with Crippen molar-refractivity contribution in [2.45, 2.75) is 13.1 Å². The largest absolute Gasteiger partial charge is 0.418 e. The van der Waals surface area contributed by atoms with Crippen molar-refractivity contribution >= 4 is 11.6 Å². The number of aryl methyl sites for hydroxylation is 1. The van der Waals surface area contributed by atoms with E-state index in [1.807, 2.05) is 0 Å². The lowest BCUT2D eigenvalue weighted by molar-refractivity contribution is -0.137. The van der Waals surface area contributed by atoms with Crippen LogP contribution < -0.4 is 4.90 Å². The molecule has 0 amide bonds. The first kappa shape index (κ1) is 13.2. The highest BCUT2D eigenvalue weighted by atomic mass is 19.4. The van der Waals surface area contributed by atoms with Crippen LogP contribution in [0.2, 0.25) is 0 Å². The van der Waals surface area contributed by atoms with Gasteiger partial charge in [-0.1, -0.05) is 0 Å². The second-order valence-corrected chi connectivity index (χ2v) is 3.88. The standard InChI is InChI=1S/C11H10F3N5/c1-7-4-16-10(6-15-7)19(2)9-3-8(5-17-18-9)11(12,13)14/h3-6H,1-2H3. The molecule has 0 aliphatic heterocycles. The van der Waals surface area contributed by atoms with E-state index < -0.39 is 11.7 Å². The molecule has 0 bridgehead atoms. The number of halogens is 3. The summed E-state index contributed by atoms with van der Waals surface area (Å²) in [6.07, 6.45) is -0.799. The van der Waals surface area contributed by atoms with Gasteiger partial charge in [-0.15, -0.1) is 5.10 Å². The molecule has 8 heteroatoms. The van der Waals surface area contributed by atoms with Crippen LogP contribution in [0.15, 0.2) is 24.7 Å². The average Bonchev–Trinajstić information content (AvgIpc) is 2.38. The van der Waals surface area contributed by atoms with Crippen LogP contribution in [-0.4, -0.2) is 27.2 Å². The van der Waals surface area contributed by atoms with Crippen molar-refractivity contribution in [1.29, 1.82) is 0 Å². The summed E-state index contributed by atoms with van der Waals surface area (Å²) in [7, 11) is 1.55. The fraction of sp³-hybridized carbons (Fsp3) is 0.273. The molecule has 2 heterocycles. The monoisotopic (exact) mass is 269 g/mol. The number of hydrogen-bond donors (Lipinski definition) is 0. The molecular weight excluding hydrogens is 259 g/mol. The van der Waals surface area contributed by atoms with E-state index in [1.165, 1.54) is 17.3 Å². The molecule has 2 aromatic rings. The van der Waals surface area contributed by atoms with E-state index in [0.717, 1.165) is 6.07 Å². The molecule has 5 nitrogen and oxygen atoms in total. The van der Waals surface area contributed by atoms with Gasteiger partial charge in [0.1, 0.15) is 0 Å². The Morgan fingerprint density at radius 1 is 1.05 bits per heavy atom. The summed E-state index contributed by atoms with van der Waals surface area (Å²) in [6, 6.07) is 0.911. The second-order valence-electron chi connectivity index (χ2n) is 3.88. The Hall–Kier alpha value is -2.25. The minimum absolute atomic E-state index is 0.0491. The molecule has 19 heavy (non-hydrogen) atoms. The lowest BCUT2D eigenvalue weighted by Gasteiger charge is -2.17. The molecule has 0 N–H and O–H groups in total. The molecule has 0 unspecified atom stereocenters. The highest BCUT2D eigenvalue weighted by Gasteiger charge is 2.31. The van der Waals surface area contributed by atoms with Crippen molar-refractivity contribution in [3.05, 3.63) is 35.9 Å². The molecular formula is C11H10F3N5. The first-order valence-electron chi connectivity index (χ1n) is 5.30. The summed E-state index contributed by atoms with van der Waals surface area (Å²) in [5, 5.41) is 7.02. The molecule has 0 spiro atoms. The minimum atomic E-state index is -4.45. The van der Waals surface area contributed by atoms with Crippen LogP contribution in [0.1, 0.15) is 11.3 Å². The molecule has 2 aromatic heterocycles. The first-order chi connectivity index (χ1) is 8.88. The molecule has 2 rings (SSSR count). The van der Waals surface area contributed by atoms with Crippen molar-refractivity contribution in [2.24, 2.45) is 0 Å². The van der Waals surface area contributed by atoms with Crippen molar-refractivity contribution in [3.8, 4) is 0 Å². The lowest BCUT2D eigenvalue weighted by Crippen LogP contribution is -2.16. The van der Waals surface area contributed by atoms with Gasteiger partial charge in [0.05, 0.1) is 29.8 Å². The first-order valence-corrected chi connectivity index (χ1v) is 5.30. The summed E-state index contributed by atoms with van der Waals surface area (Å²) >= 11 is 0. The number of rotatable bonds is 2. The van der Waals surface area contributed by atoms with Gasteiger partial charge < -0.3 is 4.90 Å². The molecule has 0 aliphatic carbocycles. The van der Waals surface area contributed by atoms with Crippen LogP contribution in [0, 0.1) is 6.92 Å². The van der Waals surface area contributed by atoms with Gasteiger partial charge >= 0.3 is 6.18 Å². The van der Waals surface area contributed by atoms with Crippen molar-refractivity contribution < 1.29 is 13.2 Å². The molecule has 0 aliphatic rings. The fourth-order valence-electron chi connectivity index (χ4n) is 1.35. The molecule has 0 aromatic carbocycles. The maximum Gasteiger partial charge on any atom is 0.418 e. The SMILES string of the molecule is Cc1cnc(N(C)c2cc(C(F)(F)F)cnn2)cn1. The van der Waals surface area contributed by atoms with Crippen LogP contribution in [0.5, 0.6) is 0 Å². The number of aromatic nitrogens is 4. The zero-order valence-electron chi connectivity index (χ0n) is 10.2. The van der Waals surface area contributed by atoms with Gasteiger partial charge in [-0.25, -0.2) is 4.98 Å². The van der Waals surface area contributed by atoms with Crippen molar-refractivity contribution in [1.82, 2.24) is 20.2 Å². The molecule has 0 radical (unpaired) electrons. The predicted octanol–water partition coefficient (Wildman–Crippen LogP) is 2.36. The van der Waals surface area contributed by atoms with E-state index >= 15 is 0 Å². The van der Waals surface area contributed by atoms with Crippen LogP contribution in [0.25, 0.3) is 0 Å². The predicted molar refractivity (Wildman–Crippen MR) is 61.9 cm³/mol. The van der Waals surface area contributed by atoms with Gasteiger partial charge in [0.15, 0.2) is 11.6 Å². The van der Waals surface area contributed by atoms with E-state index in [0.29, 0.717) is 17.7 Å². The molecule has 100 valence electrons. The Kier molecular flexibility index (Phi) is 3.32. The molecule has 0 atom stereocenters. The minimum Gasteiger partial charge on any atom is -0.311 e. The Labute approximate surface area is 107 Å². The van der Waals surface area contributed by atoms with Crippen molar-refractivity contribution in [2.75, 3.05) is 11.9 Å². The third-order valence-corrected chi connectivity index (χ3v) is 2.42. The summed E-state index contributed by atoms with van der Waals surface area (Å²) in [5.41, 5.74) is -0.142. The number of alkyl halides is 3. The molecule has 0 saturated heterocycles. The van der Waals surface area contributed by atoms with Gasteiger partial charge in [0, 0.05) is 7.05 Å². The van der Waals surface area contributed by atoms with E-state index in [4.69, 9.17) is 0 Å². The normalized spacial score (nSPS) is 11.4.